The third-order valence-corrected chi connectivity index (χ3v) is 5.58. The van der Waals surface area contributed by atoms with Crippen LogP contribution in [0, 0.1) is 0 Å². The Bertz CT molecular complexity index is 606. The lowest BCUT2D eigenvalue weighted by Crippen LogP contribution is -2.48. The van der Waals surface area contributed by atoms with E-state index < -0.39 is 6.04 Å². The minimum atomic E-state index is -0.444. The molecule has 0 aliphatic rings. The Labute approximate surface area is 167 Å². The molecule has 0 fully saturated rings. The summed E-state index contributed by atoms with van der Waals surface area (Å²) in [6.07, 6.45) is 2.32. The lowest BCUT2D eigenvalue weighted by molar-refractivity contribution is -0.121. The molecule has 2 rings (SSSR count). The predicted molar refractivity (Wildman–Crippen MR) is 116 cm³/mol. The van der Waals surface area contributed by atoms with Gasteiger partial charge >= 0.3 is 0 Å². The number of benzene rings is 2. The number of carbonyl (C=O) groups is 1. The van der Waals surface area contributed by atoms with E-state index >= 15 is 0 Å². The summed E-state index contributed by atoms with van der Waals surface area (Å²) in [7, 11) is 0. The molecular formula is C22H31N3OS. The van der Waals surface area contributed by atoms with Crippen molar-refractivity contribution in [3.8, 4) is 0 Å². The van der Waals surface area contributed by atoms with Gasteiger partial charge in [0, 0.05) is 11.5 Å². The molecule has 4 nitrogen and oxygen atoms in total. The number of thioether (sulfide) groups is 1. The molecule has 5 N–H and O–H groups in total. The van der Waals surface area contributed by atoms with Crippen LogP contribution in [0.3, 0.4) is 0 Å². The van der Waals surface area contributed by atoms with Crippen LogP contribution in [0.4, 0.5) is 0 Å². The minimum absolute atomic E-state index is 0.0945. The maximum atomic E-state index is 12.8. The molecule has 27 heavy (non-hydrogen) atoms. The molecule has 0 aliphatic heterocycles. The van der Waals surface area contributed by atoms with Gasteiger partial charge in [0.1, 0.15) is 0 Å². The summed E-state index contributed by atoms with van der Waals surface area (Å²) in [5.41, 5.74) is 14.2. The first-order valence-corrected chi connectivity index (χ1v) is 10.7. The molecule has 0 radical (unpaired) electrons. The zero-order valence-corrected chi connectivity index (χ0v) is 16.7. The molecule has 1 unspecified atom stereocenters. The predicted octanol–water partition coefficient (Wildman–Crippen LogP) is 2.76. The summed E-state index contributed by atoms with van der Waals surface area (Å²) < 4.78 is 0. The number of hydrogen-bond acceptors (Lipinski definition) is 5. The summed E-state index contributed by atoms with van der Waals surface area (Å²) >= 11 is 1.77. The molecule has 0 saturated heterocycles. The van der Waals surface area contributed by atoms with Gasteiger partial charge in [0.15, 0.2) is 5.78 Å². The second kappa shape index (κ2) is 12.7. The van der Waals surface area contributed by atoms with Gasteiger partial charge in [0.2, 0.25) is 0 Å². The van der Waals surface area contributed by atoms with Crippen LogP contribution in [0.25, 0.3) is 0 Å². The van der Waals surface area contributed by atoms with Crippen molar-refractivity contribution in [2.45, 2.75) is 37.1 Å². The standard InChI is InChI=1S/C22H31N3OS/c23-14-7-12-20(24)22(26)21(17-27-16-19-10-5-2-6-11-19)25-15-13-18-8-3-1-4-9-18/h1-6,8-11,20-21,25H,7,12-17,23-24H2/t20-,21?/m1/s1. The summed E-state index contributed by atoms with van der Waals surface area (Å²) in [5.74, 6) is 1.71. The molecule has 0 aliphatic carbocycles. The molecule has 0 aromatic heterocycles. The highest BCUT2D eigenvalue weighted by Crippen LogP contribution is 2.14. The van der Waals surface area contributed by atoms with Crippen molar-refractivity contribution in [1.82, 2.24) is 5.32 Å². The second-order valence-electron chi connectivity index (χ2n) is 6.68. The van der Waals surface area contributed by atoms with Crippen molar-refractivity contribution in [3.63, 3.8) is 0 Å². The van der Waals surface area contributed by atoms with Crippen molar-refractivity contribution in [1.29, 1.82) is 0 Å². The fourth-order valence-corrected chi connectivity index (χ4v) is 3.95. The quantitative estimate of drug-likeness (QED) is 0.494. The number of hydrogen-bond donors (Lipinski definition) is 3. The molecular weight excluding hydrogens is 354 g/mol. The van der Waals surface area contributed by atoms with Crippen molar-refractivity contribution in [3.05, 3.63) is 71.8 Å². The fraction of sp³-hybridized carbons (Fsp3) is 0.409. The molecule has 2 aromatic carbocycles. The zero-order chi connectivity index (χ0) is 19.3. The van der Waals surface area contributed by atoms with Crippen LogP contribution < -0.4 is 16.8 Å². The summed E-state index contributed by atoms with van der Waals surface area (Å²) in [6.45, 7) is 1.33. The molecule has 2 aromatic rings. The maximum Gasteiger partial charge on any atom is 0.167 e. The summed E-state index contributed by atoms with van der Waals surface area (Å²) in [4.78, 5) is 12.8. The van der Waals surface area contributed by atoms with E-state index in [1.54, 1.807) is 11.8 Å². The third-order valence-electron chi connectivity index (χ3n) is 4.47. The molecule has 0 spiro atoms. The van der Waals surface area contributed by atoms with Crippen molar-refractivity contribution in [2.24, 2.45) is 11.5 Å². The molecule has 5 heteroatoms. The molecule has 0 amide bonds. The van der Waals surface area contributed by atoms with Gasteiger partial charge in [0.25, 0.3) is 0 Å². The third kappa shape index (κ3) is 8.26. The average molecular weight is 386 g/mol. The first-order valence-electron chi connectivity index (χ1n) is 9.59. The van der Waals surface area contributed by atoms with Crippen molar-refractivity contribution < 1.29 is 4.79 Å². The molecule has 146 valence electrons. The van der Waals surface area contributed by atoms with Gasteiger partial charge in [-0.2, -0.15) is 11.8 Å². The van der Waals surface area contributed by atoms with Gasteiger partial charge in [-0.1, -0.05) is 60.7 Å². The van der Waals surface area contributed by atoms with Gasteiger partial charge in [0.05, 0.1) is 12.1 Å². The van der Waals surface area contributed by atoms with E-state index in [1.807, 2.05) is 36.4 Å². The van der Waals surface area contributed by atoms with Crippen LogP contribution in [-0.4, -0.2) is 36.7 Å². The summed E-state index contributed by atoms with van der Waals surface area (Å²) in [5, 5.41) is 3.43. The first-order chi connectivity index (χ1) is 13.2. The van der Waals surface area contributed by atoms with E-state index in [-0.39, 0.29) is 11.8 Å². The fourth-order valence-electron chi connectivity index (χ4n) is 2.88. The average Bonchev–Trinajstić information content (AvgIpc) is 2.72. The Morgan fingerprint density at radius 1 is 1.00 bits per heavy atom. The number of rotatable bonds is 13. The number of nitrogens with one attached hydrogen (secondary N) is 1. The topological polar surface area (TPSA) is 81.1 Å². The van der Waals surface area contributed by atoms with Gasteiger partial charge in [-0.05, 0) is 43.5 Å². The molecule has 0 bridgehead atoms. The van der Waals surface area contributed by atoms with E-state index in [4.69, 9.17) is 11.5 Å². The lowest BCUT2D eigenvalue weighted by Gasteiger charge is -2.21. The van der Waals surface area contributed by atoms with E-state index in [0.29, 0.717) is 13.0 Å². The van der Waals surface area contributed by atoms with E-state index in [1.165, 1.54) is 11.1 Å². The van der Waals surface area contributed by atoms with Crippen molar-refractivity contribution in [2.75, 3.05) is 18.8 Å². The largest absolute Gasteiger partial charge is 0.330 e. The Hall–Kier alpha value is -1.66. The Kier molecular flexibility index (Phi) is 10.2. The Morgan fingerprint density at radius 3 is 2.26 bits per heavy atom. The number of ketones is 1. The first kappa shape index (κ1) is 21.6. The maximum absolute atomic E-state index is 12.8. The SMILES string of the molecule is NCCC[C@@H](N)C(=O)C(CSCc1ccccc1)NCCc1ccccc1. The van der Waals surface area contributed by atoms with Crippen LogP contribution in [0.1, 0.15) is 24.0 Å². The van der Waals surface area contributed by atoms with Crippen LogP contribution in [-0.2, 0) is 17.0 Å². The smallest absolute Gasteiger partial charge is 0.167 e. The Morgan fingerprint density at radius 2 is 1.63 bits per heavy atom. The summed E-state index contributed by atoms with van der Waals surface area (Å²) in [6, 6.07) is 20.0. The van der Waals surface area contributed by atoms with Gasteiger partial charge in [-0.3, -0.25) is 4.79 Å². The minimum Gasteiger partial charge on any atom is -0.330 e. The highest BCUT2D eigenvalue weighted by Gasteiger charge is 2.23. The second-order valence-corrected chi connectivity index (χ2v) is 7.71. The van der Waals surface area contributed by atoms with Crippen LogP contribution in [0.5, 0.6) is 0 Å². The van der Waals surface area contributed by atoms with Crippen LogP contribution in [0.2, 0.25) is 0 Å². The van der Waals surface area contributed by atoms with Crippen LogP contribution >= 0.6 is 11.8 Å². The number of Topliss-reactive ketones (excluding diaryl/α,β-unsaturated/α-hetero) is 1. The Balaban J connectivity index is 1.87. The van der Waals surface area contributed by atoms with Gasteiger partial charge in [-0.25, -0.2) is 0 Å². The molecule has 2 atom stereocenters. The highest BCUT2D eigenvalue weighted by molar-refractivity contribution is 7.98. The molecule has 0 heterocycles. The van der Waals surface area contributed by atoms with Gasteiger partial charge < -0.3 is 16.8 Å². The monoisotopic (exact) mass is 385 g/mol. The van der Waals surface area contributed by atoms with E-state index in [2.05, 4.69) is 29.6 Å². The molecule has 0 saturated carbocycles. The van der Waals surface area contributed by atoms with E-state index in [9.17, 15) is 4.79 Å². The number of nitrogens with two attached hydrogens (primary N) is 2. The number of carbonyl (C=O) groups excluding carboxylic acids is 1. The zero-order valence-electron chi connectivity index (χ0n) is 15.8. The van der Waals surface area contributed by atoms with Gasteiger partial charge in [-0.15, -0.1) is 0 Å². The normalized spacial score (nSPS) is 13.3. The van der Waals surface area contributed by atoms with Crippen molar-refractivity contribution >= 4 is 17.5 Å². The highest BCUT2D eigenvalue weighted by atomic mass is 32.2. The van der Waals surface area contributed by atoms with E-state index in [0.717, 1.165) is 30.9 Å². The van der Waals surface area contributed by atoms with Crippen LogP contribution in [0.15, 0.2) is 60.7 Å². The lowest BCUT2D eigenvalue weighted by atomic mass is 10.0.